The van der Waals surface area contributed by atoms with Gasteiger partial charge in [-0.1, -0.05) is 23.8 Å². The maximum absolute atomic E-state index is 12.8. The number of piperidine rings is 1. The number of aromatic nitrogens is 1. The smallest absolute Gasteiger partial charge is 0.243 e. The van der Waals surface area contributed by atoms with Crippen LogP contribution in [-0.4, -0.2) is 43.2 Å². The summed E-state index contributed by atoms with van der Waals surface area (Å²) in [6, 6.07) is 11.0. The highest BCUT2D eigenvalue weighted by atomic mass is 32.2. The topological polar surface area (TPSA) is 79.4 Å². The summed E-state index contributed by atoms with van der Waals surface area (Å²) in [4.78, 5) is 18.7. The van der Waals surface area contributed by atoms with E-state index in [2.05, 4.69) is 16.4 Å². The van der Waals surface area contributed by atoms with Gasteiger partial charge in [-0.2, -0.15) is 4.31 Å². The number of carbonyl (C=O) groups excluding carboxylic acids is 1. The van der Waals surface area contributed by atoms with E-state index in [0.29, 0.717) is 43.8 Å². The molecule has 3 aromatic rings. The second kappa shape index (κ2) is 9.60. The van der Waals surface area contributed by atoms with Crippen molar-refractivity contribution >= 4 is 38.6 Å². The van der Waals surface area contributed by atoms with Gasteiger partial charge in [0.05, 0.1) is 15.5 Å². The molecule has 9 heteroatoms. The van der Waals surface area contributed by atoms with E-state index in [1.165, 1.54) is 4.31 Å². The van der Waals surface area contributed by atoms with Gasteiger partial charge in [0.2, 0.25) is 15.9 Å². The average Bonchev–Trinajstić information content (AvgIpc) is 3.46. The van der Waals surface area contributed by atoms with Crippen LogP contribution >= 0.6 is 22.7 Å². The van der Waals surface area contributed by atoms with Gasteiger partial charge in [0.1, 0.15) is 5.01 Å². The standard InChI is InChI=1S/C22H25N3O3S3/c1-16-4-6-19(7-5-16)31(27,28)25-12-9-17(10-13-25)21(26)23-11-8-18-15-30-22(24-18)20-3-2-14-29-20/h2-7,14-15,17H,8-13H2,1H3,(H,23,26). The van der Waals surface area contributed by atoms with Crippen LogP contribution in [-0.2, 0) is 21.2 Å². The van der Waals surface area contributed by atoms with Gasteiger partial charge in [0.25, 0.3) is 0 Å². The van der Waals surface area contributed by atoms with Crippen molar-refractivity contribution in [2.75, 3.05) is 19.6 Å². The van der Waals surface area contributed by atoms with Crippen molar-refractivity contribution in [2.24, 2.45) is 5.92 Å². The second-order valence-electron chi connectivity index (χ2n) is 7.65. The van der Waals surface area contributed by atoms with Crippen molar-refractivity contribution in [3.8, 4) is 9.88 Å². The van der Waals surface area contributed by atoms with Crippen molar-refractivity contribution in [1.82, 2.24) is 14.6 Å². The lowest BCUT2D eigenvalue weighted by Crippen LogP contribution is -2.43. The number of hydrogen-bond acceptors (Lipinski definition) is 6. The summed E-state index contributed by atoms with van der Waals surface area (Å²) >= 11 is 3.29. The maximum atomic E-state index is 12.8. The molecule has 1 fully saturated rings. The third-order valence-electron chi connectivity index (χ3n) is 5.45. The molecule has 0 spiro atoms. The zero-order chi connectivity index (χ0) is 21.8. The summed E-state index contributed by atoms with van der Waals surface area (Å²) in [5, 5.41) is 8.08. The molecule has 2 aromatic heterocycles. The van der Waals surface area contributed by atoms with Crippen molar-refractivity contribution in [2.45, 2.75) is 31.1 Å². The number of hydrogen-bond donors (Lipinski definition) is 1. The number of nitrogens with zero attached hydrogens (tertiary/aromatic N) is 2. The molecule has 3 heterocycles. The molecule has 1 saturated heterocycles. The third-order valence-corrected chi connectivity index (χ3v) is 9.29. The first-order chi connectivity index (χ1) is 14.9. The number of sulfonamides is 1. The van der Waals surface area contributed by atoms with Crippen LogP contribution in [0.1, 0.15) is 24.1 Å². The lowest BCUT2D eigenvalue weighted by Gasteiger charge is -2.30. The largest absolute Gasteiger partial charge is 0.355 e. The van der Waals surface area contributed by atoms with Crippen molar-refractivity contribution in [1.29, 1.82) is 0 Å². The number of benzene rings is 1. The van der Waals surface area contributed by atoms with E-state index in [-0.39, 0.29) is 11.8 Å². The van der Waals surface area contributed by atoms with E-state index in [0.717, 1.165) is 21.1 Å². The molecule has 1 aromatic carbocycles. The summed E-state index contributed by atoms with van der Waals surface area (Å²) in [5.74, 6) is -0.150. The lowest BCUT2D eigenvalue weighted by atomic mass is 9.97. The number of rotatable bonds is 7. The monoisotopic (exact) mass is 475 g/mol. The SMILES string of the molecule is Cc1ccc(S(=O)(=O)N2CCC(C(=O)NCCc3csc(-c4cccs4)n3)CC2)cc1. The summed E-state index contributed by atoms with van der Waals surface area (Å²) in [7, 11) is -3.50. The van der Waals surface area contributed by atoms with Crippen LogP contribution in [0.4, 0.5) is 0 Å². The van der Waals surface area contributed by atoms with Gasteiger partial charge in [0.15, 0.2) is 0 Å². The minimum absolute atomic E-state index is 0.00101. The molecule has 0 saturated carbocycles. The first-order valence-electron chi connectivity index (χ1n) is 10.3. The number of nitrogens with one attached hydrogen (secondary N) is 1. The summed E-state index contributed by atoms with van der Waals surface area (Å²) < 4.78 is 27.1. The molecule has 1 amide bonds. The van der Waals surface area contributed by atoms with Crippen LogP contribution in [0.25, 0.3) is 9.88 Å². The Balaban J connectivity index is 1.24. The zero-order valence-corrected chi connectivity index (χ0v) is 19.7. The number of amides is 1. The highest BCUT2D eigenvalue weighted by molar-refractivity contribution is 7.89. The molecule has 1 N–H and O–H groups in total. The molecular weight excluding hydrogens is 450 g/mol. The summed E-state index contributed by atoms with van der Waals surface area (Å²) in [5.41, 5.74) is 2.00. The van der Waals surface area contributed by atoms with Gasteiger partial charge >= 0.3 is 0 Å². The Kier molecular flexibility index (Phi) is 6.86. The number of carbonyl (C=O) groups is 1. The Morgan fingerprint density at radius 3 is 2.58 bits per heavy atom. The first kappa shape index (κ1) is 22.1. The molecule has 6 nitrogen and oxygen atoms in total. The average molecular weight is 476 g/mol. The van der Waals surface area contributed by atoms with Crippen LogP contribution in [0.15, 0.2) is 52.1 Å². The van der Waals surface area contributed by atoms with Crippen molar-refractivity contribution in [3.63, 3.8) is 0 Å². The van der Waals surface area contributed by atoms with Gasteiger partial charge < -0.3 is 5.32 Å². The molecule has 0 bridgehead atoms. The van der Waals surface area contributed by atoms with Gasteiger partial charge in [-0.3, -0.25) is 4.79 Å². The fourth-order valence-corrected chi connectivity index (χ4v) is 6.75. The summed E-state index contributed by atoms with van der Waals surface area (Å²) in [6.07, 6.45) is 1.76. The molecule has 164 valence electrons. The van der Waals surface area contributed by atoms with E-state index < -0.39 is 10.0 Å². The Morgan fingerprint density at radius 1 is 1.16 bits per heavy atom. The van der Waals surface area contributed by atoms with Crippen molar-refractivity contribution in [3.05, 3.63) is 58.4 Å². The molecular formula is C22H25N3O3S3. The molecule has 1 aliphatic rings. The minimum atomic E-state index is -3.50. The summed E-state index contributed by atoms with van der Waals surface area (Å²) in [6.45, 7) is 3.20. The molecule has 0 atom stereocenters. The van der Waals surface area contributed by atoms with Crippen LogP contribution in [0, 0.1) is 12.8 Å². The molecule has 31 heavy (non-hydrogen) atoms. The van der Waals surface area contributed by atoms with E-state index >= 15 is 0 Å². The lowest BCUT2D eigenvalue weighted by molar-refractivity contribution is -0.126. The van der Waals surface area contributed by atoms with E-state index in [9.17, 15) is 13.2 Å². The first-order valence-corrected chi connectivity index (χ1v) is 13.5. The molecule has 4 rings (SSSR count). The predicted octanol–water partition coefficient (Wildman–Crippen LogP) is 3.94. The van der Waals surface area contributed by atoms with Crippen LogP contribution in [0.2, 0.25) is 0 Å². The molecule has 0 unspecified atom stereocenters. The molecule has 0 radical (unpaired) electrons. The minimum Gasteiger partial charge on any atom is -0.355 e. The van der Waals surface area contributed by atoms with Crippen LogP contribution < -0.4 is 5.32 Å². The molecule has 1 aliphatic heterocycles. The van der Waals surface area contributed by atoms with Gasteiger partial charge in [-0.05, 0) is 43.3 Å². The van der Waals surface area contributed by atoms with Gasteiger partial charge in [-0.15, -0.1) is 22.7 Å². The normalized spacial score (nSPS) is 15.8. The fourth-order valence-electron chi connectivity index (χ4n) is 3.61. The Morgan fingerprint density at radius 2 is 1.90 bits per heavy atom. The Labute approximate surface area is 191 Å². The van der Waals surface area contributed by atoms with Gasteiger partial charge in [-0.25, -0.2) is 13.4 Å². The fraction of sp³-hybridized carbons (Fsp3) is 0.364. The third kappa shape index (κ3) is 5.23. The van der Waals surface area contributed by atoms with E-state index in [4.69, 9.17) is 0 Å². The Bertz CT molecular complexity index is 1110. The maximum Gasteiger partial charge on any atom is 0.243 e. The van der Waals surface area contributed by atoms with E-state index in [1.807, 2.05) is 23.8 Å². The number of aryl methyl sites for hydroxylation is 1. The van der Waals surface area contributed by atoms with E-state index in [1.54, 1.807) is 46.9 Å². The zero-order valence-electron chi connectivity index (χ0n) is 17.3. The number of thiophene rings is 1. The highest BCUT2D eigenvalue weighted by Gasteiger charge is 2.31. The highest BCUT2D eigenvalue weighted by Crippen LogP contribution is 2.28. The van der Waals surface area contributed by atoms with Crippen molar-refractivity contribution < 1.29 is 13.2 Å². The quantitative estimate of drug-likeness (QED) is 0.561. The van der Waals surface area contributed by atoms with Crippen LogP contribution in [0.3, 0.4) is 0 Å². The predicted molar refractivity (Wildman–Crippen MR) is 125 cm³/mol. The Hall–Kier alpha value is -2.07. The van der Waals surface area contributed by atoms with Crippen LogP contribution in [0.5, 0.6) is 0 Å². The second-order valence-corrected chi connectivity index (χ2v) is 11.4. The number of thiazole rings is 1. The van der Waals surface area contributed by atoms with Gasteiger partial charge in [0, 0.05) is 37.4 Å². The molecule has 0 aliphatic carbocycles.